The first-order valence-electron chi connectivity index (χ1n) is 18.9. The van der Waals surface area contributed by atoms with Crippen molar-refractivity contribution in [1.82, 2.24) is 25.1 Å². The van der Waals surface area contributed by atoms with Gasteiger partial charge in [0.2, 0.25) is 11.7 Å². The lowest BCUT2D eigenvalue weighted by Gasteiger charge is -2.32. The van der Waals surface area contributed by atoms with E-state index in [1.807, 2.05) is 76.2 Å². The number of hydrogen-bond acceptors (Lipinski definition) is 11. The van der Waals surface area contributed by atoms with Crippen molar-refractivity contribution in [3.05, 3.63) is 83.8 Å². The highest BCUT2D eigenvalue weighted by Gasteiger charge is 2.28. The number of para-hydroxylation sites is 2. The molecule has 294 valence electrons. The van der Waals surface area contributed by atoms with Gasteiger partial charge in [0.25, 0.3) is 0 Å². The summed E-state index contributed by atoms with van der Waals surface area (Å²) in [4.78, 5) is 42.1. The van der Waals surface area contributed by atoms with Gasteiger partial charge >= 0.3 is 6.09 Å². The largest absolute Gasteiger partial charge is 0.493 e. The number of aromatic nitrogens is 2. The van der Waals surface area contributed by atoms with Crippen LogP contribution >= 0.6 is 0 Å². The minimum atomic E-state index is -0.664. The third-order valence-electron chi connectivity index (χ3n) is 9.77. The number of amides is 2. The molecule has 0 spiro atoms. The van der Waals surface area contributed by atoms with Gasteiger partial charge in [-0.3, -0.25) is 4.79 Å². The first-order valence-corrected chi connectivity index (χ1v) is 18.9. The van der Waals surface area contributed by atoms with Crippen molar-refractivity contribution in [2.75, 3.05) is 70.8 Å². The number of nitrogens with one attached hydrogen (secondary N) is 2. The first kappa shape index (κ1) is 40.8. The molecule has 4 aromatic rings. The Morgan fingerprint density at radius 1 is 0.945 bits per heavy atom. The molecule has 13 heteroatoms. The summed E-state index contributed by atoms with van der Waals surface area (Å²) in [5.41, 5.74) is 4.08. The summed E-state index contributed by atoms with van der Waals surface area (Å²) in [5, 5.41) is 6.63. The van der Waals surface area contributed by atoms with Gasteiger partial charge in [-0.25, -0.2) is 19.7 Å². The Bertz CT molecular complexity index is 1860. The fourth-order valence-electron chi connectivity index (χ4n) is 6.44. The maximum Gasteiger partial charge on any atom is 0.425 e. The van der Waals surface area contributed by atoms with Crippen LogP contribution in [0.15, 0.2) is 67.1 Å². The summed E-state index contributed by atoms with van der Waals surface area (Å²) in [6, 6.07) is 16.7. The van der Waals surface area contributed by atoms with Crippen molar-refractivity contribution < 1.29 is 28.5 Å². The van der Waals surface area contributed by atoms with Gasteiger partial charge in [0.1, 0.15) is 17.9 Å². The Morgan fingerprint density at radius 3 is 2.35 bits per heavy atom. The molecule has 1 unspecified atom stereocenters. The maximum absolute atomic E-state index is 14.4. The summed E-state index contributed by atoms with van der Waals surface area (Å²) in [6.45, 7) is 13.4. The van der Waals surface area contributed by atoms with Crippen LogP contribution in [0.5, 0.6) is 23.0 Å². The number of ether oxygens (including phenoxy) is 4. The van der Waals surface area contributed by atoms with E-state index in [1.165, 1.54) is 11.2 Å². The predicted molar refractivity (Wildman–Crippen MR) is 216 cm³/mol. The molecule has 1 aliphatic heterocycles. The van der Waals surface area contributed by atoms with Crippen molar-refractivity contribution in [1.29, 1.82) is 0 Å². The lowest BCUT2D eigenvalue weighted by molar-refractivity contribution is -0.121. The van der Waals surface area contributed by atoms with Crippen LogP contribution < -0.4 is 34.5 Å². The van der Waals surface area contributed by atoms with Crippen LogP contribution in [0.3, 0.4) is 0 Å². The molecule has 5 rings (SSSR count). The van der Waals surface area contributed by atoms with E-state index in [2.05, 4.69) is 37.4 Å². The van der Waals surface area contributed by atoms with E-state index in [4.69, 9.17) is 18.9 Å². The molecular formula is C42H55N7O6. The second-order valence-electron chi connectivity index (χ2n) is 13.9. The number of benzene rings is 3. The molecule has 0 radical (unpaired) electrons. The van der Waals surface area contributed by atoms with E-state index < -0.39 is 6.09 Å². The molecule has 1 saturated heterocycles. The van der Waals surface area contributed by atoms with Crippen molar-refractivity contribution in [2.45, 2.75) is 59.4 Å². The average molecular weight is 754 g/mol. The molecule has 3 aromatic carbocycles. The third kappa shape index (κ3) is 10.9. The van der Waals surface area contributed by atoms with Gasteiger partial charge in [0, 0.05) is 69.2 Å². The zero-order valence-corrected chi connectivity index (χ0v) is 33.2. The molecule has 0 saturated carbocycles. The Hall–Kier alpha value is -5.40. The lowest BCUT2D eigenvalue weighted by atomic mass is 10.0. The highest BCUT2D eigenvalue weighted by molar-refractivity contribution is 6.01. The Morgan fingerprint density at radius 2 is 1.67 bits per heavy atom. The third-order valence-corrected chi connectivity index (χ3v) is 9.77. The highest BCUT2D eigenvalue weighted by atomic mass is 16.6. The zero-order valence-electron chi connectivity index (χ0n) is 33.2. The summed E-state index contributed by atoms with van der Waals surface area (Å²) in [5.74, 6) is 2.16. The molecule has 2 heterocycles. The number of aryl methyl sites for hydroxylation is 3. The van der Waals surface area contributed by atoms with Crippen LogP contribution in [0.1, 0.15) is 49.8 Å². The number of carbonyl (C=O) groups excluding carboxylic acids is 2. The number of likely N-dealkylation sites (N-methyl/N-ethyl adjacent to an activating group) is 1. The number of rotatable bonds is 17. The lowest BCUT2D eigenvalue weighted by Crippen LogP contribution is -2.44. The van der Waals surface area contributed by atoms with E-state index in [1.54, 1.807) is 26.5 Å². The van der Waals surface area contributed by atoms with Crippen LogP contribution in [-0.2, 0) is 11.2 Å². The van der Waals surface area contributed by atoms with Crippen molar-refractivity contribution in [3.8, 4) is 23.0 Å². The normalized spacial score (nSPS) is 13.8. The van der Waals surface area contributed by atoms with Crippen LogP contribution in [0, 0.1) is 13.8 Å². The standard InChI is InChI=1S/C42H55N7O6/c1-8-31(4)45-38(50)17-16-32-14-10-15-34(49(37-18-19-43-28-44-37)42(51)55-40-29(2)12-9-13-30(40)3)39(32)46-33-26-35(52-6)41(53-7)36(27-33)54-25-11-20-48-23-21-47(5)22-24-48/h9-10,12-15,18-19,26-28,31,46H,8,11,16-17,20-25H2,1-7H3,(H,45,50). The monoisotopic (exact) mass is 753 g/mol. The SMILES string of the molecule is CCC(C)NC(=O)CCc1cccc(N(C(=O)Oc2c(C)cccc2C)c2ccncn2)c1Nc1cc(OC)c(OC)c(OCCCN2CCN(C)CC2)c1. The van der Waals surface area contributed by atoms with Crippen molar-refractivity contribution >= 4 is 34.9 Å². The van der Waals surface area contributed by atoms with Crippen LogP contribution in [-0.4, -0.2) is 98.4 Å². The zero-order chi connectivity index (χ0) is 39.3. The summed E-state index contributed by atoms with van der Waals surface area (Å²) < 4.78 is 24.0. The average Bonchev–Trinajstić information content (AvgIpc) is 3.18. The van der Waals surface area contributed by atoms with Gasteiger partial charge in [-0.15, -0.1) is 0 Å². The molecular weight excluding hydrogens is 699 g/mol. The fraction of sp³-hybridized carbons (Fsp3) is 0.429. The van der Waals surface area contributed by atoms with Gasteiger partial charge < -0.3 is 39.4 Å². The second kappa shape index (κ2) is 19.8. The van der Waals surface area contributed by atoms with Crippen LogP contribution in [0.25, 0.3) is 0 Å². The van der Waals surface area contributed by atoms with Gasteiger partial charge in [0.05, 0.1) is 32.2 Å². The Balaban J connectivity index is 1.53. The van der Waals surface area contributed by atoms with Gasteiger partial charge in [0.15, 0.2) is 11.5 Å². The fourth-order valence-corrected chi connectivity index (χ4v) is 6.44. The number of anilines is 4. The molecule has 1 atom stereocenters. The minimum absolute atomic E-state index is 0.0519. The number of methoxy groups -OCH3 is 2. The molecule has 1 fully saturated rings. The molecule has 1 aromatic heterocycles. The predicted octanol–water partition coefficient (Wildman–Crippen LogP) is 7.05. The molecule has 55 heavy (non-hydrogen) atoms. The second-order valence-corrected chi connectivity index (χ2v) is 13.9. The number of piperazine rings is 1. The Kier molecular flexibility index (Phi) is 14.7. The molecule has 0 bridgehead atoms. The van der Waals surface area contributed by atoms with Crippen LogP contribution in [0.2, 0.25) is 0 Å². The molecule has 2 amide bonds. The number of carbonyl (C=O) groups is 2. The highest BCUT2D eigenvalue weighted by Crippen LogP contribution is 2.43. The van der Waals surface area contributed by atoms with E-state index in [0.717, 1.165) is 62.3 Å². The molecule has 2 N–H and O–H groups in total. The van der Waals surface area contributed by atoms with E-state index in [-0.39, 0.29) is 18.4 Å². The van der Waals surface area contributed by atoms with Crippen molar-refractivity contribution in [2.24, 2.45) is 0 Å². The van der Waals surface area contributed by atoms with E-state index in [0.29, 0.717) is 58.9 Å². The molecule has 13 nitrogen and oxygen atoms in total. The van der Waals surface area contributed by atoms with Crippen molar-refractivity contribution in [3.63, 3.8) is 0 Å². The van der Waals surface area contributed by atoms with Gasteiger partial charge in [-0.05, 0) is 75.9 Å². The quantitative estimate of drug-likeness (QED) is 0.108. The smallest absolute Gasteiger partial charge is 0.425 e. The van der Waals surface area contributed by atoms with Gasteiger partial charge in [-0.2, -0.15) is 0 Å². The number of nitrogens with zero attached hydrogens (tertiary/aromatic N) is 5. The maximum atomic E-state index is 14.4. The number of hydrogen-bond donors (Lipinski definition) is 2. The summed E-state index contributed by atoms with van der Waals surface area (Å²) in [6.07, 6.45) is 4.56. The first-order chi connectivity index (χ1) is 26.6. The van der Waals surface area contributed by atoms with Crippen LogP contribution in [0.4, 0.5) is 27.7 Å². The Labute approximate surface area is 324 Å². The van der Waals surface area contributed by atoms with Gasteiger partial charge in [-0.1, -0.05) is 37.3 Å². The van der Waals surface area contributed by atoms with E-state index >= 15 is 0 Å². The summed E-state index contributed by atoms with van der Waals surface area (Å²) >= 11 is 0. The molecule has 0 aliphatic carbocycles. The molecule has 1 aliphatic rings. The van der Waals surface area contributed by atoms with E-state index in [9.17, 15) is 9.59 Å². The topological polar surface area (TPSA) is 131 Å². The minimum Gasteiger partial charge on any atom is -0.493 e. The summed E-state index contributed by atoms with van der Waals surface area (Å²) in [7, 11) is 5.31.